The summed E-state index contributed by atoms with van der Waals surface area (Å²) in [5.41, 5.74) is 1.01. The zero-order chi connectivity index (χ0) is 9.68. The summed E-state index contributed by atoms with van der Waals surface area (Å²) < 4.78 is 0. The molecule has 0 aromatic carbocycles. The lowest BCUT2D eigenvalue weighted by Crippen LogP contribution is -2.24. The Bertz CT molecular complexity index is 207. The number of carbonyl (C=O) groups excluding carboxylic acids is 1. The predicted octanol–water partition coefficient (Wildman–Crippen LogP) is 1.17. The number of allylic oxidation sites excluding steroid dienone is 1. The number of carbonyl (C=O) groups is 1. The first-order chi connectivity index (χ1) is 6.26. The molecule has 1 amide bonds. The minimum absolute atomic E-state index is 0.0419. The van der Waals surface area contributed by atoms with Gasteiger partial charge in [0.15, 0.2) is 0 Å². The third-order valence-electron chi connectivity index (χ3n) is 2.07. The van der Waals surface area contributed by atoms with E-state index < -0.39 is 0 Å². The molecule has 0 saturated heterocycles. The summed E-state index contributed by atoms with van der Waals surface area (Å²) in [6.45, 7) is 2.10. The molecule has 1 fully saturated rings. The van der Waals surface area contributed by atoms with Gasteiger partial charge in [-0.1, -0.05) is 13.3 Å². The highest BCUT2D eigenvalue weighted by Gasteiger charge is 2.22. The molecule has 1 aliphatic rings. The van der Waals surface area contributed by atoms with E-state index in [1.807, 2.05) is 7.05 Å². The highest BCUT2D eigenvalue weighted by atomic mass is 16.1. The smallest absolute Gasteiger partial charge is 0.245 e. The fourth-order valence-corrected chi connectivity index (χ4v) is 1.17. The summed E-state index contributed by atoms with van der Waals surface area (Å²) in [5, 5.41) is 5.95. The monoisotopic (exact) mass is 182 g/mol. The van der Waals surface area contributed by atoms with Crippen LogP contribution < -0.4 is 10.6 Å². The zero-order valence-electron chi connectivity index (χ0n) is 8.39. The van der Waals surface area contributed by atoms with Gasteiger partial charge in [0.1, 0.15) is 0 Å². The lowest BCUT2D eigenvalue weighted by Gasteiger charge is -2.04. The van der Waals surface area contributed by atoms with Crippen LogP contribution in [0, 0.1) is 0 Å². The maximum atomic E-state index is 11.3. The second-order valence-electron chi connectivity index (χ2n) is 3.45. The molecule has 0 bridgehead atoms. The van der Waals surface area contributed by atoms with Crippen LogP contribution in [0.3, 0.4) is 0 Å². The van der Waals surface area contributed by atoms with E-state index >= 15 is 0 Å². The van der Waals surface area contributed by atoms with Gasteiger partial charge in [-0.25, -0.2) is 0 Å². The van der Waals surface area contributed by atoms with Gasteiger partial charge >= 0.3 is 0 Å². The fourth-order valence-electron chi connectivity index (χ4n) is 1.17. The van der Waals surface area contributed by atoms with Gasteiger partial charge in [0.2, 0.25) is 5.91 Å². The number of amides is 1. The minimum atomic E-state index is 0.0419. The van der Waals surface area contributed by atoms with Gasteiger partial charge < -0.3 is 10.6 Å². The van der Waals surface area contributed by atoms with Crippen LogP contribution in [-0.4, -0.2) is 19.0 Å². The summed E-state index contributed by atoms with van der Waals surface area (Å²) in [5.74, 6) is 0.0419. The Hall–Kier alpha value is -0.990. The van der Waals surface area contributed by atoms with Crippen LogP contribution in [0.1, 0.15) is 32.6 Å². The van der Waals surface area contributed by atoms with Crippen molar-refractivity contribution in [2.45, 2.75) is 38.6 Å². The van der Waals surface area contributed by atoms with Crippen LogP contribution in [-0.2, 0) is 4.79 Å². The van der Waals surface area contributed by atoms with Gasteiger partial charge in [-0.15, -0.1) is 0 Å². The van der Waals surface area contributed by atoms with Crippen molar-refractivity contribution in [3.63, 3.8) is 0 Å². The molecule has 0 aliphatic heterocycles. The maximum Gasteiger partial charge on any atom is 0.245 e. The van der Waals surface area contributed by atoms with Crippen LogP contribution in [0.5, 0.6) is 0 Å². The van der Waals surface area contributed by atoms with E-state index in [0.717, 1.165) is 31.4 Å². The van der Waals surface area contributed by atoms with Crippen LogP contribution in [0.2, 0.25) is 0 Å². The minimum Gasteiger partial charge on any atom is -0.391 e. The molecule has 0 unspecified atom stereocenters. The van der Waals surface area contributed by atoms with Crippen molar-refractivity contribution in [3.05, 3.63) is 11.8 Å². The molecule has 3 nitrogen and oxygen atoms in total. The van der Waals surface area contributed by atoms with E-state index in [2.05, 4.69) is 17.6 Å². The summed E-state index contributed by atoms with van der Waals surface area (Å²) in [6.07, 6.45) is 5.95. The SMILES string of the molecule is CCC/C(=C\C(=O)NC1CC1)NC. The quantitative estimate of drug-likeness (QED) is 0.627. The molecule has 0 radical (unpaired) electrons. The lowest BCUT2D eigenvalue weighted by molar-refractivity contribution is -0.116. The van der Waals surface area contributed by atoms with Gasteiger partial charge in [0, 0.05) is 24.9 Å². The maximum absolute atomic E-state index is 11.3. The van der Waals surface area contributed by atoms with E-state index in [9.17, 15) is 4.79 Å². The van der Waals surface area contributed by atoms with Crippen molar-refractivity contribution < 1.29 is 4.79 Å². The van der Waals surface area contributed by atoms with Gasteiger partial charge in [-0.3, -0.25) is 4.79 Å². The number of nitrogens with one attached hydrogen (secondary N) is 2. The molecule has 2 N–H and O–H groups in total. The molecule has 0 aromatic rings. The van der Waals surface area contributed by atoms with Crippen molar-refractivity contribution in [2.75, 3.05) is 7.05 Å². The van der Waals surface area contributed by atoms with Gasteiger partial charge in [0.25, 0.3) is 0 Å². The second-order valence-corrected chi connectivity index (χ2v) is 3.45. The Balaban J connectivity index is 2.34. The van der Waals surface area contributed by atoms with Gasteiger partial charge in [-0.05, 0) is 19.3 Å². The molecular weight excluding hydrogens is 164 g/mol. The third kappa shape index (κ3) is 3.97. The Labute approximate surface area is 79.6 Å². The fraction of sp³-hybridized carbons (Fsp3) is 0.700. The van der Waals surface area contributed by atoms with E-state index in [-0.39, 0.29) is 5.91 Å². The first-order valence-electron chi connectivity index (χ1n) is 4.95. The zero-order valence-corrected chi connectivity index (χ0v) is 8.39. The van der Waals surface area contributed by atoms with E-state index in [0.29, 0.717) is 6.04 Å². The molecule has 13 heavy (non-hydrogen) atoms. The predicted molar refractivity (Wildman–Crippen MR) is 53.2 cm³/mol. The first-order valence-corrected chi connectivity index (χ1v) is 4.95. The van der Waals surface area contributed by atoms with E-state index in [1.165, 1.54) is 0 Å². The molecule has 0 atom stereocenters. The summed E-state index contributed by atoms with van der Waals surface area (Å²) >= 11 is 0. The molecule has 1 saturated carbocycles. The van der Waals surface area contributed by atoms with Crippen molar-refractivity contribution in [3.8, 4) is 0 Å². The molecular formula is C10H18N2O. The number of hydrogen-bond acceptors (Lipinski definition) is 2. The largest absolute Gasteiger partial charge is 0.391 e. The Morgan fingerprint density at radius 1 is 1.54 bits per heavy atom. The topological polar surface area (TPSA) is 41.1 Å². The summed E-state index contributed by atoms with van der Waals surface area (Å²) in [7, 11) is 1.85. The molecule has 1 aliphatic carbocycles. The number of hydrogen-bond donors (Lipinski definition) is 2. The number of rotatable bonds is 5. The molecule has 0 spiro atoms. The first kappa shape index (κ1) is 10.1. The summed E-state index contributed by atoms with van der Waals surface area (Å²) in [4.78, 5) is 11.3. The van der Waals surface area contributed by atoms with Gasteiger partial charge in [-0.2, -0.15) is 0 Å². The average Bonchev–Trinajstić information content (AvgIpc) is 2.87. The van der Waals surface area contributed by atoms with Crippen molar-refractivity contribution in [1.29, 1.82) is 0 Å². The Morgan fingerprint density at radius 2 is 2.23 bits per heavy atom. The highest BCUT2D eigenvalue weighted by molar-refractivity contribution is 5.88. The van der Waals surface area contributed by atoms with Crippen LogP contribution in [0.25, 0.3) is 0 Å². The van der Waals surface area contributed by atoms with E-state index in [1.54, 1.807) is 6.08 Å². The lowest BCUT2D eigenvalue weighted by atomic mass is 10.2. The molecule has 74 valence electrons. The molecule has 0 heterocycles. The molecule has 0 aromatic heterocycles. The van der Waals surface area contributed by atoms with Crippen LogP contribution in [0.4, 0.5) is 0 Å². The average molecular weight is 182 g/mol. The Morgan fingerprint density at radius 3 is 2.69 bits per heavy atom. The van der Waals surface area contributed by atoms with Crippen LogP contribution in [0.15, 0.2) is 11.8 Å². The normalized spacial score (nSPS) is 16.9. The molecule has 3 heteroatoms. The summed E-state index contributed by atoms with van der Waals surface area (Å²) in [6, 6.07) is 0.448. The Kier molecular flexibility index (Phi) is 3.80. The van der Waals surface area contributed by atoms with Crippen molar-refractivity contribution in [1.82, 2.24) is 10.6 Å². The highest BCUT2D eigenvalue weighted by Crippen LogP contribution is 2.18. The molecule has 1 rings (SSSR count). The second kappa shape index (κ2) is 4.90. The standard InChI is InChI=1S/C10H18N2O/c1-3-4-9(11-2)7-10(13)12-8-5-6-8/h7-8,11H,3-6H2,1-2H3,(H,12,13)/b9-7+. The van der Waals surface area contributed by atoms with Gasteiger partial charge in [0.05, 0.1) is 0 Å². The third-order valence-corrected chi connectivity index (χ3v) is 2.07. The van der Waals surface area contributed by atoms with Crippen LogP contribution >= 0.6 is 0 Å². The van der Waals surface area contributed by atoms with Crippen molar-refractivity contribution >= 4 is 5.91 Å². The van der Waals surface area contributed by atoms with Crippen molar-refractivity contribution in [2.24, 2.45) is 0 Å². The van der Waals surface area contributed by atoms with E-state index in [4.69, 9.17) is 0 Å².